The number of phenols is 1. The second-order valence-corrected chi connectivity index (χ2v) is 9.24. The molecule has 0 amide bonds. The van der Waals surface area contributed by atoms with Crippen molar-refractivity contribution in [1.29, 1.82) is 0 Å². The lowest BCUT2D eigenvalue weighted by Crippen LogP contribution is -3.00. The first-order chi connectivity index (χ1) is 11.1. The number of hydrogen-bond acceptors (Lipinski definition) is 4. The van der Waals surface area contributed by atoms with Gasteiger partial charge in [-0.3, -0.25) is 9.62 Å². The molecule has 1 aromatic carbocycles. The molecular formula is C16H27Cl2N3O3S. The van der Waals surface area contributed by atoms with Gasteiger partial charge in [0.15, 0.2) is 0 Å². The minimum absolute atomic E-state index is 0. The predicted molar refractivity (Wildman–Crippen MR) is 98.2 cm³/mol. The van der Waals surface area contributed by atoms with E-state index in [9.17, 15) is 13.5 Å². The Bertz CT molecular complexity index is 690. The van der Waals surface area contributed by atoms with Crippen LogP contribution in [0.1, 0.15) is 12.0 Å². The molecule has 0 unspecified atom stereocenters. The lowest BCUT2D eigenvalue weighted by atomic mass is 10.2. The van der Waals surface area contributed by atoms with Gasteiger partial charge in [0, 0.05) is 24.5 Å². The number of piperazine rings is 1. The maximum absolute atomic E-state index is 12.3. The van der Waals surface area contributed by atoms with Crippen molar-refractivity contribution in [2.24, 2.45) is 0 Å². The number of benzene rings is 1. The number of rotatable bonds is 6. The third-order valence-corrected chi connectivity index (χ3v) is 6.46. The maximum atomic E-state index is 12.3. The molecular weight excluding hydrogens is 385 g/mol. The van der Waals surface area contributed by atoms with Crippen molar-refractivity contribution in [2.75, 3.05) is 57.3 Å². The molecule has 1 saturated heterocycles. The van der Waals surface area contributed by atoms with E-state index in [1.807, 2.05) is 0 Å². The van der Waals surface area contributed by atoms with E-state index in [2.05, 4.69) is 23.7 Å². The Labute approximate surface area is 161 Å². The van der Waals surface area contributed by atoms with Crippen molar-refractivity contribution in [3.05, 3.63) is 22.7 Å². The number of anilines is 1. The Kier molecular flexibility index (Phi) is 7.83. The molecule has 9 heteroatoms. The number of aromatic hydroxyl groups is 1. The molecule has 0 atom stereocenters. The van der Waals surface area contributed by atoms with Crippen molar-refractivity contribution in [1.82, 2.24) is 4.90 Å². The van der Waals surface area contributed by atoms with E-state index in [-0.39, 0.29) is 29.6 Å². The maximum Gasteiger partial charge on any atom is 0.233 e. The fourth-order valence-electron chi connectivity index (χ4n) is 2.87. The molecule has 0 aromatic heterocycles. The zero-order chi connectivity index (χ0) is 18.0. The lowest BCUT2D eigenvalue weighted by molar-refractivity contribution is -0.913. The SMILES string of the molecule is Cc1cc(O)c(NS(=O)(=O)CCC[N+]2(C)CCN(C)CC2)cc1Cl.[Cl-]. The van der Waals surface area contributed by atoms with E-state index in [1.54, 1.807) is 6.92 Å². The zero-order valence-corrected chi connectivity index (χ0v) is 17.3. The van der Waals surface area contributed by atoms with Crippen LogP contribution in [0.2, 0.25) is 5.02 Å². The fourth-order valence-corrected chi connectivity index (χ4v) is 4.15. The van der Waals surface area contributed by atoms with E-state index >= 15 is 0 Å². The number of phenolic OH excluding ortho intramolecular Hbond substituents is 1. The molecule has 0 saturated carbocycles. The summed E-state index contributed by atoms with van der Waals surface area (Å²) in [7, 11) is 0.773. The predicted octanol–water partition coefficient (Wildman–Crippen LogP) is -1.12. The minimum Gasteiger partial charge on any atom is -1.00 e. The van der Waals surface area contributed by atoms with Gasteiger partial charge >= 0.3 is 0 Å². The van der Waals surface area contributed by atoms with Crippen LogP contribution in [-0.2, 0) is 10.0 Å². The first-order valence-electron chi connectivity index (χ1n) is 8.12. The van der Waals surface area contributed by atoms with Gasteiger partial charge in [-0.05, 0) is 31.7 Å². The first kappa shape index (κ1) is 22.3. The second kappa shape index (κ2) is 8.77. The van der Waals surface area contributed by atoms with E-state index in [0.717, 1.165) is 37.2 Å². The molecule has 25 heavy (non-hydrogen) atoms. The highest BCUT2D eigenvalue weighted by molar-refractivity contribution is 7.92. The molecule has 6 nitrogen and oxygen atoms in total. The van der Waals surface area contributed by atoms with E-state index in [0.29, 0.717) is 17.0 Å². The highest BCUT2D eigenvalue weighted by atomic mass is 35.5. The molecule has 0 spiro atoms. The van der Waals surface area contributed by atoms with Crippen LogP contribution < -0.4 is 17.1 Å². The molecule has 1 aromatic rings. The summed E-state index contributed by atoms with van der Waals surface area (Å²) < 4.78 is 27.9. The van der Waals surface area contributed by atoms with Gasteiger partial charge in [0.1, 0.15) is 5.75 Å². The van der Waals surface area contributed by atoms with Gasteiger partial charge in [-0.2, -0.15) is 0 Å². The van der Waals surface area contributed by atoms with Crippen LogP contribution in [0.5, 0.6) is 5.75 Å². The van der Waals surface area contributed by atoms with Crippen LogP contribution in [0.3, 0.4) is 0 Å². The smallest absolute Gasteiger partial charge is 0.233 e. The number of quaternary nitrogens is 1. The molecule has 1 fully saturated rings. The summed E-state index contributed by atoms with van der Waals surface area (Å²) in [4.78, 5) is 2.29. The molecule has 1 heterocycles. The largest absolute Gasteiger partial charge is 1.00 e. The number of nitrogens with one attached hydrogen (secondary N) is 1. The number of hydrogen-bond donors (Lipinski definition) is 2. The Morgan fingerprint density at radius 3 is 2.52 bits per heavy atom. The number of halogens is 2. The quantitative estimate of drug-likeness (QED) is 0.459. The van der Waals surface area contributed by atoms with Crippen molar-refractivity contribution >= 4 is 27.3 Å². The van der Waals surface area contributed by atoms with Crippen molar-refractivity contribution in [2.45, 2.75) is 13.3 Å². The van der Waals surface area contributed by atoms with Gasteiger partial charge in [0.25, 0.3) is 0 Å². The van der Waals surface area contributed by atoms with E-state index < -0.39 is 10.0 Å². The third-order valence-electron chi connectivity index (χ3n) is 4.70. The monoisotopic (exact) mass is 411 g/mol. The molecule has 2 rings (SSSR count). The molecule has 2 N–H and O–H groups in total. The standard InChI is InChI=1S/C16H26ClN3O3S.ClH/c1-13-11-16(21)15(12-14(13)17)18-24(22,23)10-4-7-20(3)8-5-19(2)6-9-20;/h11-12,18H,4-10H2,1-3H3;1H. The van der Waals surface area contributed by atoms with Crippen LogP contribution >= 0.6 is 11.6 Å². The van der Waals surface area contributed by atoms with Crippen LogP contribution in [-0.4, -0.2) is 75.5 Å². The summed E-state index contributed by atoms with van der Waals surface area (Å²) in [6.45, 7) is 6.74. The highest BCUT2D eigenvalue weighted by Gasteiger charge is 2.27. The van der Waals surface area contributed by atoms with Crippen LogP contribution in [0, 0.1) is 6.92 Å². The van der Waals surface area contributed by atoms with Gasteiger partial charge in [0.05, 0.1) is 38.1 Å². The zero-order valence-electron chi connectivity index (χ0n) is 14.9. The summed E-state index contributed by atoms with van der Waals surface area (Å²) in [6.07, 6.45) is 0.579. The Morgan fingerprint density at radius 2 is 1.92 bits per heavy atom. The van der Waals surface area contributed by atoms with Gasteiger partial charge in [-0.1, -0.05) is 11.6 Å². The molecule has 0 aliphatic carbocycles. The summed E-state index contributed by atoms with van der Waals surface area (Å²) in [5.74, 6) is -0.0831. The Hall–Kier alpha value is -0.730. The number of aryl methyl sites for hydroxylation is 1. The molecule has 0 radical (unpaired) electrons. The van der Waals surface area contributed by atoms with Gasteiger partial charge in [-0.25, -0.2) is 8.42 Å². The second-order valence-electron chi connectivity index (χ2n) is 6.99. The molecule has 1 aliphatic rings. The third kappa shape index (κ3) is 6.49. The van der Waals surface area contributed by atoms with Gasteiger partial charge in [-0.15, -0.1) is 0 Å². The molecule has 0 bridgehead atoms. The summed E-state index contributed by atoms with van der Waals surface area (Å²) in [6, 6.07) is 2.90. The Morgan fingerprint density at radius 1 is 1.32 bits per heavy atom. The van der Waals surface area contributed by atoms with Crippen LogP contribution in [0.25, 0.3) is 0 Å². The summed E-state index contributed by atoms with van der Waals surface area (Å²) in [5, 5.41) is 10.3. The molecule has 1 aliphatic heterocycles. The van der Waals surface area contributed by atoms with Crippen molar-refractivity contribution < 1.29 is 30.4 Å². The van der Waals surface area contributed by atoms with Crippen LogP contribution in [0.4, 0.5) is 5.69 Å². The van der Waals surface area contributed by atoms with Crippen molar-refractivity contribution in [3.8, 4) is 5.75 Å². The minimum atomic E-state index is -3.51. The van der Waals surface area contributed by atoms with Gasteiger partial charge in [0.2, 0.25) is 10.0 Å². The van der Waals surface area contributed by atoms with Gasteiger partial charge < -0.3 is 22.0 Å². The lowest BCUT2D eigenvalue weighted by Gasteiger charge is -2.41. The van der Waals surface area contributed by atoms with Crippen LogP contribution in [0.15, 0.2) is 12.1 Å². The first-order valence-corrected chi connectivity index (χ1v) is 10.1. The average Bonchev–Trinajstić information content (AvgIpc) is 2.48. The topological polar surface area (TPSA) is 69.6 Å². The average molecular weight is 412 g/mol. The summed E-state index contributed by atoms with van der Waals surface area (Å²) in [5.41, 5.74) is 0.829. The summed E-state index contributed by atoms with van der Waals surface area (Å²) >= 11 is 6.00. The number of nitrogens with zero attached hydrogens (tertiary/aromatic N) is 2. The molecule has 144 valence electrons. The number of sulfonamides is 1. The van der Waals surface area contributed by atoms with Crippen molar-refractivity contribution in [3.63, 3.8) is 0 Å². The highest BCUT2D eigenvalue weighted by Crippen LogP contribution is 2.30. The normalized spacial score (nSPS) is 17.8. The number of likely N-dealkylation sites (N-methyl/N-ethyl adjacent to an activating group) is 2. The van der Waals surface area contributed by atoms with E-state index in [4.69, 9.17) is 11.6 Å². The Balaban J connectivity index is 0.00000312. The fraction of sp³-hybridized carbons (Fsp3) is 0.625. The van der Waals surface area contributed by atoms with E-state index in [1.165, 1.54) is 12.1 Å².